The van der Waals surface area contributed by atoms with Crippen molar-refractivity contribution in [2.75, 3.05) is 21.2 Å². The number of hydrogen-bond acceptors (Lipinski definition) is 8. The van der Waals surface area contributed by atoms with Crippen LogP contribution in [0.5, 0.6) is 11.5 Å². The van der Waals surface area contributed by atoms with E-state index in [1.54, 1.807) is 39.2 Å². The summed E-state index contributed by atoms with van der Waals surface area (Å²) in [4.78, 5) is 40.2. The van der Waals surface area contributed by atoms with E-state index < -0.39 is 52.1 Å². The molecule has 2 aromatic carbocycles. The number of aliphatic hydroxyl groups is 2. The third-order valence-corrected chi connectivity index (χ3v) is 6.71. The van der Waals surface area contributed by atoms with Gasteiger partial charge < -0.3 is 25.8 Å². The Kier molecular flexibility index (Phi) is 4.80. The lowest BCUT2D eigenvalue weighted by Gasteiger charge is -2.47. The average molecular weight is 440 g/mol. The standard InChI is InChI=1S/C23H24N2O7/c1-9-10-6-5-7-13(32-4)14(10)18(26)15-11(9)8-12-17(25(2)3)19(27)16(22(24)30)21(29)23(12,31)20(15)28/h5-7,12,17,26,29,31H,8H2,1-4H3,(H2,24,30)/t12-,17-,23-/m0/s1. The Morgan fingerprint density at radius 3 is 2.47 bits per heavy atom. The van der Waals surface area contributed by atoms with Crippen LogP contribution in [0.25, 0.3) is 10.8 Å². The van der Waals surface area contributed by atoms with Crippen LogP contribution in [0.15, 0.2) is 29.5 Å². The third-order valence-electron chi connectivity index (χ3n) is 6.71. The predicted octanol–water partition coefficient (Wildman–Crippen LogP) is 0.759. The van der Waals surface area contributed by atoms with E-state index in [4.69, 9.17) is 10.5 Å². The quantitative estimate of drug-likeness (QED) is 0.511. The Balaban J connectivity index is 2.11. The first kappa shape index (κ1) is 21.8. The number of aliphatic hydroxyl groups excluding tert-OH is 1. The summed E-state index contributed by atoms with van der Waals surface area (Å²) in [6, 6.07) is 4.05. The molecule has 9 nitrogen and oxygen atoms in total. The zero-order chi connectivity index (χ0) is 23.7. The maximum absolute atomic E-state index is 13.7. The lowest BCUT2D eigenvalue weighted by molar-refractivity contribution is -0.132. The number of amides is 1. The fourth-order valence-corrected chi connectivity index (χ4v) is 5.20. The van der Waals surface area contributed by atoms with Gasteiger partial charge in [-0.25, -0.2) is 0 Å². The molecule has 4 rings (SSSR count). The summed E-state index contributed by atoms with van der Waals surface area (Å²) in [7, 11) is 4.57. The molecule has 9 heteroatoms. The summed E-state index contributed by atoms with van der Waals surface area (Å²) in [5.41, 5.74) is 2.84. The molecule has 2 aliphatic rings. The molecule has 0 aromatic heterocycles. The van der Waals surface area contributed by atoms with E-state index in [1.807, 2.05) is 0 Å². The fraction of sp³-hybridized carbons (Fsp3) is 0.348. The number of nitrogens with two attached hydrogens (primary N) is 1. The van der Waals surface area contributed by atoms with Crippen LogP contribution in [0.2, 0.25) is 0 Å². The summed E-state index contributed by atoms with van der Waals surface area (Å²) in [6.45, 7) is 1.78. The molecule has 3 atom stereocenters. The SMILES string of the molecule is COc1cccc2c(C)c3c(c(O)c12)C(=O)[C@]1(O)C(O)=C(C(N)=O)C(=O)[C@@H](N(C)C)[C@@H]1C3. The highest BCUT2D eigenvalue weighted by atomic mass is 16.5. The maximum Gasteiger partial charge on any atom is 0.255 e. The van der Waals surface area contributed by atoms with Crippen LogP contribution in [0.4, 0.5) is 0 Å². The average Bonchev–Trinajstić information content (AvgIpc) is 2.73. The molecular formula is C23H24N2O7. The van der Waals surface area contributed by atoms with Crippen molar-refractivity contribution in [2.45, 2.75) is 25.0 Å². The fourth-order valence-electron chi connectivity index (χ4n) is 5.20. The van der Waals surface area contributed by atoms with Crippen molar-refractivity contribution in [3.8, 4) is 11.5 Å². The first-order valence-electron chi connectivity index (χ1n) is 10.0. The lowest BCUT2D eigenvalue weighted by Crippen LogP contribution is -2.64. The number of hydrogen-bond donors (Lipinski definition) is 4. The number of likely N-dealkylation sites (N-methyl/N-ethyl adjacent to an activating group) is 1. The molecule has 0 aliphatic heterocycles. The summed E-state index contributed by atoms with van der Waals surface area (Å²) < 4.78 is 5.35. The molecule has 0 saturated heterocycles. The van der Waals surface area contributed by atoms with Crippen molar-refractivity contribution < 1.29 is 34.4 Å². The van der Waals surface area contributed by atoms with E-state index in [0.717, 1.165) is 0 Å². The first-order valence-corrected chi connectivity index (χ1v) is 10.0. The van der Waals surface area contributed by atoms with Crippen LogP contribution < -0.4 is 10.5 Å². The number of rotatable bonds is 3. The van der Waals surface area contributed by atoms with Gasteiger partial charge in [-0.2, -0.15) is 0 Å². The second kappa shape index (κ2) is 7.04. The molecule has 0 saturated carbocycles. The van der Waals surface area contributed by atoms with Gasteiger partial charge in [-0.15, -0.1) is 0 Å². The number of carbonyl (C=O) groups excluding carboxylic acids is 3. The Bertz CT molecular complexity index is 1250. The zero-order valence-corrected chi connectivity index (χ0v) is 18.1. The third kappa shape index (κ3) is 2.55. The number of carbonyl (C=O) groups is 3. The Hall–Kier alpha value is -3.43. The Morgan fingerprint density at radius 1 is 1.25 bits per heavy atom. The number of benzene rings is 2. The molecule has 0 heterocycles. The van der Waals surface area contributed by atoms with Gasteiger partial charge in [0.15, 0.2) is 11.4 Å². The number of methoxy groups -OCH3 is 1. The predicted molar refractivity (Wildman–Crippen MR) is 115 cm³/mol. The van der Waals surface area contributed by atoms with E-state index in [2.05, 4.69) is 0 Å². The number of aryl methyl sites for hydroxylation is 1. The summed E-state index contributed by atoms with van der Waals surface area (Å²) in [5, 5.41) is 34.4. The number of phenols is 1. The molecule has 1 amide bonds. The first-order chi connectivity index (χ1) is 15.0. The number of Topliss-reactive ketones (excluding diaryl/α,β-unsaturated/α-hetero) is 2. The number of primary amides is 1. The van der Waals surface area contributed by atoms with Crippen LogP contribution >= 0.6 is 0 Å². The van der Waals surface area contributed by atoms with Gasteiger partial charge in [0, 0.05) is 5.92 Å². The van der Waals surface area contributed by atoms with Gasteiger partial charge in [0.05, 0.1) is 24.1 Å². The molecule has 0 radical (unpaired) electrons. The molecule has 0 unspecified atom stereocenters. The van der Waals surface area contributed by atoms with E-state index in [9.17, 15) is 29.7 Å². The van der Waals surface area contributed by atoms with Crippen molar-refractivity contribution in [2.24, 2.45) is 11.7 Å². The summed E-state index contributed by atoms with van der Waals surface area (Å²) >= 11 is 0. The number of ketones is 2. The molecule has 0 fully saturated rings. The van der Waals surface area contributed by atoms with Gasteiger partial charge in [0.1, 0.15) is 22.8 Å². The minimum atomic E-state index is -2.61. The Labute approximate surface area is 183 Å². The summed E-state index contributed by atoms with van der Waals surface area (Å²) in [6.07, 6.45) is -0.00515. The highest BCUT2D eigenvalue weighted by molar-refractivity contribution is 6.25. The number of aromatic hydroxyl groups is 1. The van der Waals surface area contributed by atoms with Crippen molar-refractivity contribution in [3.63, 3.8) is 0 Å². The van der Waals surface area contributed by atoms with Gasteiger partial charge in [-0.3, -0.25) is 19.3 Å². The van der Waals surface area contributed by atoms with Gasteiger partial charge >= 0.3 is 0 Å². The van der Waals surface area contributed by atoms with E-state index >= 15 is 0 Å². The zero-order valence-electron chi connectivity index (χ0n) is 18.1. The molecule has 168 valence electrons. The second-order valence-electron chi connectivity index (χ2n) is 8.48. The lowest BCUT2D eigenvalue weighted by atomic mass is 9.61. The summed E-state index contributed by atoms with van der Waals surface area (Å²) in [5.74, 6) is -5.27. The van der Waals surface area contributed by atoms with Crippen molar-refractivity contribution in [1.29, 1.82) is 0 Å². The minimum absolute atomic E-state index is 0.00515. The van der Waals surface area contributed by atoms with Crippen molar-refractivity contribution in [1.82, 2.24) is 4.90 Å². The number of fused-ring (bicyclic) bond motifs is 3. The van der Waals surface area contributed by atoms with Crippen molar-refractivity contribution in [3.05, 3.63) is 46.2 Å². The number of nitrogens with zero attached hydrogens (tertiary/aromatic N) is 1. The maximum atomic E-state index is 13.7. The monoisotopic (exact) mass is 440 g/mol. The molecule has 2 aliphatic carbocycles. The van der Waals surface area contributed by atoms with E-state index in [1.165, 1.54) is 12.0 Å². The van der Waals surface area contributed by atoms with E-state index in [-0.39, 0.29) is 17.4 Å². The second-order valence-corrected chi connectivity index (χ2v) is 8.48. The minimum Gasteiger partial charge on any atom is -0.508 e. The molecule has 0 spiro atoms. The van der Waals surface area contributed by atoms with Gasteiger partial charge in [-0.05, 0) is 50.0 Å². The van der Waals surface area contributed by atoms with Gasteiger partial charge in [0.25, 0.3) is 5.91 Å². The normalized spacial score (nSPS) is 25.2. The smallest absolute Gasteiger partial charge is 0.255 e. The molecule has 2 aromatic rings. The van der Waals surface area contributed by atoms with Crippen LogP contribution in [0.3, 0.4) is 0 Å². The van der Waals surface area contributed by atoms with Crippen LogP contribution in [-0.2, 0) is 16.0 Å². The van der Waals surface area contributed by atoms with Crippen LogP contribution in [0.1, 0.15) is 21.5 Å². The van der Waals surface area contributed by atoms with Gasteiger partial charge in [0.2, 0.25) is 5.78 Å². The number of ether oxygens (including phenoxy) is 1. The van der Waals surface area contributed by atoms with Crippen molar-refractivity contribution >= 4 is 28.2 Å². The molecule has 5 N–H and O–H groups in total. The largest absolute Gasteiger partial charge is 0.508 e. The van der Waals surface area contributed by atoms with Crippen LogP contribution in [-0.4, -0.2) is 70.5 Å². The molecule has 32 heavy (non-hydrogen) atoms. The van der Waals surface area contributed by atoms with E-state index in [0.29, 0.717) is 22.3 Å². The highest BCUT2D eigenvalue weighted by Crippen LogP contribution is 2.50. The van der Waals surface area contributed by atoms with Crippen LogP contribution in [0, 0.1) is 12.8 Å². The van der Waals surface area contributed by atoms with Gasteiger partial charge in [-0.1, -0.05) is 12.1 Å². The number of phenolic OH excluding ortho intramolecular Hbond substituents is 1. The highest BCUT2D eigenvalue weighted by Gasteiger charge is 2.62. The molecular weight excluding hydrogens is 416 g/mol. The molecule has 0 bridgehead atoms. The Morgan fingerprint density at radius 2 is 1.91 bits per heavy atom. The topological polar surface area (TPSA) is 150 Å².